The lowest BCUT2D eigenvalue weighted by Crippen LogP contribution is -2.28. The van der Waals surface area contributed by atoms with E-state index in [-0.39, 0.29) is 5.91 Å². The van der Waals surface area contributed by atoms with Gasteiger partial charge in [-0.1, -0.05) is 62.4 Å². The van der Waals surface area contributed by atoms with E-state index in [2.05, 4.69) is 84.3 Å². The zero-order chi connectivity index (χ0) is 25.5. The van der Waals surface area contributed by atoms with Crippen molar-refractivity contribution in [2.75, 3.05) is 20.1 Å². The fraction of sp³-hybridized carbons (Fsp3) is 0.345. The van der Waals surface area contributed by atoms with Crippen molar-refractivity contribution >= 4 is 28.6 Å². The van der Waals surface area contributed by atoms with E-state index in [0.717, 1.165) is 52.9 Å². The Morgan fingerprint density at radius 3 is 1.61 bits per heavy atom. The number of hydrogen-bond donors (Lipinski definition) is 0. The number of rotatable bonds is 11. The van der Waals surface area contributed by atoms with Gasteiger partial charge in [0.15, 0.2) is 0 Å². The molecule has 0 radical (unpaired) electrons. The number of thiazole rings is 2. The molecule has 5 nitrogen and oxygen atoms in total. The predicted molar refractivity (Wildman–Crippen MR) is 152 cm³/mol. The van der Waals surface area contributed by atoms with Crippen LogP contribution >= 0.6 is 22.7 Å². The van der Waals surface area contributed by atoms with Crippen molar-refractivity contribution in [2.24, 2.45) is 0 Å². The SMILES string of the molecule is CCCN(C)Cc1ncc(-c2ccc(-c3ccc(-c4cnc(CN(CCC)C(C)=O)s4)cc3)cc2)s1. The number of carbonyl (C=O) groups excluding carboxylic acids is 1. The summed E-state index contributed by atoms with van der Waals surface area (Å²) in [4.78, 5) is 27.5. The summed E-state index contributed by atoms with van der Waals surface area (Å²) in [6.45, 7) is 9.24. The Bertz CT molecular complexity index is 1260. The van der Waals surface area contributed by atoms with E-state index in [1.165, 1.54) is 21.6 Å². The van der Waals surface area contributed by atoms with Gasteiger partial charge in [0.1, 0.15) is 10.0 Å². The summed E-state index contributed by atoms with van der Waals surface area (Å²) in [5.41, 5.74) is 4.73. The van der Waals surface area contributed by atoms with Crippen LogP contribution in [0, 0.1) is 0 Å². The molecule has 1 amide bonds. The average molecular weight is 519 g/mol. The van der Waals surface area contributed by atoms with Crippen molar-refractivity contribution < 1.29 is 4.79 Å². The van der Waals surface area contributed by atoms with Gasteiger partial charge in [0.05, 0.1) is 22.8 Å². The summed E-state index contributed by atoms with van der Waals surface area (Å²) in [5, 5.41) is 2.13. The van der Waals surface area contributed by atoms with Gasteiger partial charge in [0, 0.05) is 25.9 Å². The summed E-state index contributed by atoms with van der Waals surface area (Å²) in [6, 6.07) is 17.4. The predicted octanol–water partition coefficient (Wildman–Crippen LogP) is 7.20. The molecule has 2 aromatic heterocycles. The highest BCUT2D eigenvalue weighted by Gasteiger charge is 2.12. The number of hydrogen-bond acceptors (Lipinski definition) is 6. The van der Waals surface area contributed by atoms with Gasteiger partial charge in [-0.05, 0) is 48.7 Å². The van der Waals surface area contributed by atoms with Crippen molar-refractivity contribution in [3.05, 3.63) is 70.9 Å². The highest BCUT2D eigenvalue weighted by Crippen LogP contribution is 2.32. The van der Waals surface area contributed by atoms with Gasteiger partial charge in [0.2, 0.25) is 5.91 Å². The highest BCUT2D eigenvalue weighted by molar-refractivity contribution is 7.15. The minimum Gasteiger partial charge on any atom is -0.336 e. The van der Waals surface area contributed by atoms with Gasteiger partial charge in [-0.15, -0.1) is 22.7 Å². The number of carbonyl (C=O) groups is 1. The van der Waals surface area contributed by atoms with Crippen molar-refractivity contribution in [2.45, 2.75) is 46.7 Å². The Labute approximate surface area is 222 Å². The lowest BCUT2D eigenvalue weighted by Gasteiger charge is -2.18. The van der Waals surface area contributed by atoms with Crippen LogP contribution in [0.15, 0.2) is 60.9 Å². The molecule has 4 rings (SSSR count). The maximum atomic E-state index is 11.8. The summed E-state index contributed by atoms with van der Waals surface area (Å²) in [5.74, 6) is 0.0966. The molecule has 0 bridgehead atoms. The quantitative estimate of drug-likeness (QED) is 0.211. The zero-order valence-electron chi connectivity index (χ0n) is 21.5. The Balaban J connectivity index is 1.41. The molecule has 0 spiro atoms. The molecule has 2 heterocycles. The fourth-order valence-electron chi connectivity index (χ4n) is 4.16. The van der Waals surface area contributed by atoms with Crippen molar-refractivity contribution in [1.82, 2.24) is 19.8 Å². The zero-order valence-corrected chi connectivity index (χ0v) is 23.2. The molecular formula is C29H34N4OS2. The number of benzene rings is 2. The van der Waals surface area contributed by atoms with E-state index < -0.39 is 0 Å². The minimum absolute atomic E-state index is 0.0966. The molecule has 36 heavy (non-hydrogen) atoms. The lowest BCUT2D eigenvalue weighted by molar-refractivity contribution is -0.129. The van der Waals surface area contributed by atoms with Crippen LogP contribution < -0.4 is 0 Å². The van der Waals surface area contributed by atoms with Crippen LogP contribution in [-0.4, -0.2) is 45.8 Å². The number of amides is 1. The van der Waals surface area contributed by atoms with Crippen LogP contribution in [0.5, 0.6) is 0 Å². The maximum Gasteiger partial charge on any atom is 0.219 e. The van der Waals surface area contributed by atoms with Crippen LogP contribution in [0.2, 0.25) is 0 Å². The van der Waals surface area contributed by atoms with Crippen molar-refractivity contribution in [3.63, 3.8) is 0 Å². The van der Waals surface area contributed by atoms with Gasteiger partial charge in [-0.25, -0.2) is 9.97 Å². The van der Waals surface area contributed by atoms with E-state index in [4.69, 9.17) is 0 Å². The third-order valence-corrected chi connectivity index (χ3v) is 8.12. The Morgan fingerprint density at radius 1 is 0.722 bits per heavy atom. The number of aromatic nitrogens is 2. The van der Waals surface area contributed by atoms with E-state index in [1.807, 2.05) is 17.3 Å². The molecule has 0 aliphatic carbocycles. The van der Waals surface area contributed by atoms with Crippen LogP contribution in [0.25, 0.3) is 32.0 Å². The molecule has 2 aromatic carbocycles. The summed E-state index contributed by atoms with van der Waals surface area (Å²) in [6.07, 6.45) is 6.01. The van der Waals surface area contributed by atoms with Crippen LogP contribution in [0.3, 0.4) is 0 Å². The largest absolute Gasteiger partial charge is 0.336 e. The normalized spacial score (nSPS) is 11.2. The molecule has 0 unspecified atom stereocenters. The first-order valence-corrected chi connectivity index (χ1v) is 14.1. The highest BCUT2D eigenvalue weighted by atomic mass is 32.1. The molecule has 7 heteroatoms. The van der Waals surface area contributed by atoms with E-state index in [9.17, 15) is 4.79 Å². The Kier molecular flexibility index (Phi) is 9.02. The molecular weight excluding hydrogens is 484 g/mol. The first kappa shape index (κ1) is 26.2. The fourth-order valence-corrected chi connectivity index (χ4v) is 6.10. The van der Waals surface area contributed by atoms with E-state index in [0.29, 0.717) is 6.54 Å². The third kappa shape index (κ3) is 6.66. The smallest absolute Gasteiger partial charge is 0.219 e. The lowest BCUT2D eigenvalue weighted by atomic mass is 10.0. The first-order chi connectivity index (χ1) is 17.5. The van der Waals surface area contributed by atoms with Crippen LogP contribution in [0.4, 0.5) is 0 Å². The molecule has 0 saturated heterocycles. The standard InChI is InChI=1S/C29H34N4OS2/c1-5-15-32(4)19-28-30-17-26(35-28)24-11-7-22(8-12-24)23-9-13-25(14-10-23)27-18-31-29(36-27)20-33(16-6-2)21(3)34/h7-14,17-18H,5-6,15-16,19-20H2,1-4H3. The third-order valence-electron chi connectivity index (χ3n) is 6.05. The molecule has 0 N–H and O–H groups in total. The van der Waals surface area contributed by atoms with Gasteiger partial charge in [-0.2, -0.15) is 0 Å². The molecule has 0 aliphatic heterocycles. The first-order valence-electron chi connectivity index (χ1n) is 12.5. The van der Waals surface area contributed by atoms with E-state index in [1.54, 1.807) is 29.6 Å². The van der Waals surface area contributed by atoms with Gasteiger partial charge in [-0.3, -0.25) is 9.69 Å². The minimum atomic E-state index is 0.0966. The molecule has 4 aromatic rings. The molecule has 0 aliphatic rings. The average Bonchev–Trinajstić information content (AvgIpc) is 3.54. The van der Waals surface area contributed by atoms with Gasteiger partial charge < -0.3 is 4.90 Å². The second-order valence-corrected chi connectivity index (χ2v) is 11.3. The molecule has 0 fully saturated rings. The second-order valence-electron chi connectivity index (χ2n) is 9.07. The Morgan fingerprint density at radius 2 is 1.17 bits per heavy atom. The maximum absolute atomic E-state index is 11.8. The van der Waals surface area contributed by atoms with E-state index >= 15 is 0 Å². The van der Waals surface area contributed by atoms with Crippen molar-refractivity contribution in [1.29, 1.82) is 0 Å². The summed E-state index contributed by atoms with van der Waals surface area (Å²) < 4.78 is 0. The van der Waals surface area contributed by atoms with Gasteiger partial charge >= 0.3 is 0 Å². The summed E-state index contributed by atoms with van der Waals surface area (Å²) >= 11 is 3.43. The number of nitrogens with zero attached hydrogens (tertiary/aromatic N) is 4. The second kappa shape index (κ2) is 12.4. The van der Waals surface area contributed by atoms with Crippen molar-refractivity contribution in [3.8, 4) is 32.0 Å². The molecule has 0 atom stereocenters. The topological polar surface area (TPSA) is 49.3 Å². The summed E-state index contributed by atoms with van der Waals surface area (Å²) in [7, 11) is 2.15. The van der Waals surface area contributed by atoms with Gasteiger partial charge in [0.25, 0.3) is 0 Å². The van der Waals surface area contributed by atoms with Crippen LogP contribution in [-0.2, 0) is 17.9 Å². The Hall–Kier alpha value is -2.87. The molecule has 188 valence electrons. The molecule has 0 saturated carbocycles. The monoisotopic (exact) mass is 518 g/mol. The van der Waals surface area contributed by atoms with Crippen LogP contribution in [0.1, 0.15) is 43.6 Å².